The molecule has 0 bridgehead atoms. The first-order valence-corrected chi connectivity index (χ1v) is 9.51. The molecule has 4 rings (SSSR count). The minimum atomic E-state index is 0.735. The molecule has 0 atom stereocenters. The van der Waals surface area contributed by atoms with Gasteiger partial charge in [0.25, 0.3) is 0 Å². The molecule has 0 aliphatic carbocycles. The standard InChI is InChI=1S/C23H26N2O4/c1-26-20-8-7-16(10-21(20)27-2)13-24-14-17-11-22(28-3)23(29-4)12-19(17)25-9-5-6-18(25)15-24/h5-12H,13-15H2,1-4H3. The molecule has 6 heteroatoms. The van der Waals surface area contributed by atoms with Crippen LogP contribution in [0.5, 0.6) is 23.0 Å². The molecule has 29 heavy (non-hydrogen) atoms. The number of ether oxygens (including phenoxy) is 4. The number of methoxy groups -OCH3 is 4. The molecule has 6 nitrogen and oxygen atoms in total. The maximum absolute atomic E-state index is 5.54. The van der Waals surface area contributed by atoms with E-state index in [9.17, 15) is 0 Å². The summed E-state index contributed by atoms with van der Waals surface area (Å²) in [5.41, 5.74) is 4.72. The van der Waals surface area contributed by atoms with Gasteiger partial charge in [-0.25, -0.2) is 0 Å². The topological polar surface area (TPSA) is 45.1 Å². The number of hydrogen-bond acceptors (Lipinski definition) is 5. The van der Waals surface area contributed by atoms with E-state index in [2.05, 4.69) is 46.0 Å². The van der Waals surface area contributed by atoms with Crippen molar-refractivity contribution >= 4 is 0 Å². The van der Waals surface area contributed by atoms with Crippen molar-refractivity contribution in [2.75, 3.05) is 28.4 Å². The Kier molecular flexibility index (Phi) is 5.36. The Balaban J connectivity index is 1.70. The largest absolute Gasteiger partial charge is 0.493 e. The summed E-state index contributed by atoms with van der Waals surface area (Å²) >= 11 is 0. The number of benzene rings is 2. The van der Waals surface area contributed by atoms with Crippen LogP contribution < -0.4 is 18.9 Å². The van der Waals surface area contributed by atoms with Crippen molar-refractivity contribution in [3.05, 3.63) is 65.5 Å². The first-order chi connectivity index (χ1) is 14.2. The third-order valence-electron chi connectivity index (χ3n) is 5.31. The second-order valence-electron chi connectivity index (χ2n) is 7.04. The third-order valence-corrected chi connectivity index (χ3v) is 5.31. The Hall–Kier alpha value is -3.12. The molecule has 3 aromatic rings. The predicted molar refractivity (Wildman–Crippen MR) is 111 cm³/mol. The quantitative estimate of drug-likeness (QED) is 0.632. The molecule has 152 valence electrons. The summed E-state index contributed by atoms with van der Waals surface area (Å²) in [6.07, 6.45) is 2.10. The van der Waals surface area contributed by atoms with Crippen molar-refractivity contribution in [1.82, 2.24) is 9.47 Å². The van der Waals surface area contributed by atoms with Gasteiger partial charge < -0.3 is 23.5 Å². The van der Waals surface area contributed by atoms with Crippen molar-refractivity contribution in [3.8, 4) is 28.7 Å². The van der Waals surface area contributed by atoms with E-state index in [4.69, 9.17) is 18.9 Å². The molecule has 1 aliphatic rings. The molecule has 0 saturated carbocycles. The van der Waals surface area contributed by atoms with Gasteiger partial charge in [0.1, 0.15) is 0 Å². The van der Waals surface area contributed by atoms with Gasteiger partial charge in [0.15, 0.2) is 23.0 Å². The monoisotopic (exact) mass is 394 g/mol. The van der Waals surface area contributed by atoms with Gasteiger partial charge in [0, 0.05) is 37.6 Å². The zero-order valence-corrected chi connectivity index (χ0v) is 17.3. The first-order valence-electron chi connectivity index (χ1n) is 9.51. The first kappa shape index (κ1) is 19.2. The van der Waals surface area contributed by atoms with Crippen molar-refractivity contribution in [2.45, 2.75) is 19.6 Å². The van der Waals surface area contributed by atoms with Crippen molar-refractivity contribution in [2.24, 2.45) is 0 Å². The molecule has 2 aromatic carbocycles. The minimum absolute atomic E-state index is 0.735. The highest BCUT2D eigenvalue weighted by atomic mass is 16.5. The van der Waals surface area contributed by atoms with Crippen molar-refractivity contribution in [1.29, 1.82) is 0 Å². The zero-order valence-electron chi connectivity index (χ0n) is 17.3. The summed E-state index contributed by atoms with van der Waals surface area (Å²) in [6, 6.07) is 14.4. The maximum atomic E-state index is 5.54. The fourth-order valence-electron chi connectivity index (χ4n) is 3.92. The van der Waals surface area contributed by atoms with E-state index in [1.165, 1.54) is 16.8 Å². The van der Waals surface area contributed by atoms with Gasteiger partial charge in [0.2, 0.25) is 0 Å². The van der Waals surface area contributed by atoms with E-state index in [1.807, 2.05) is 12.1 Å². The summed E-state index contributed by atoms with van der Waals surface area (Å²) in [5, 5.41) is 0. The van der Waals surface area contributed by atoms with Crippen LogP contribution in [0, 0.1) is 0 Å². The Morgan fingerprint density at radius 1 is 0.759 bits per heavy atom. The van der Waals surface area contributed by atoms with Gasteiger partial charge in [-0.15, -0.1) is 0 Å². The Bertz CT molecular complexity index is 1010. The fourth-order valence-corrected chi connectivity index (χ4v) is 3.92. The van der Waals surface area contributed by atoms with Crippen LogP contribution in [0.2, 0.25) is 0 Å². The summed E-state index contributed by atoms with van der Waals surface area (Å²) < 4.78 is 24.1. The van der Waals surface area contributed by atoms with Gasteiger partial charge in [-0.1, -0.05) is 6.07 Å². The van der Waals surface area contributed by atoms with E-state index in [1.54, 1.807) is 28.4 Å². The Morgan fingerprint density at radius 2 is 1.45 bits per heavy atom. The lowest BCUT2D eigenvalue weighted by molar-refractivity contribution is 0.247. The molecule has 1 aliphatic heterocycles. The molecule has 2 heterocycles. The Morgan fingerprint density at radius 3 is 2.17 bits per heavy atom. The number of nitrogens with zero attached hydrogens (tertiary/aromatic N) is 2. The minimum Gasteiger partial charge on any atom is -0.493 e. The van der Waals surface area contributed by atoms with Crippen LogP contribution in [0.4, 0.5) is 0 Å². The summed E-state index contributed by atoms with van der Waals surface area (Å²) in [5.74, 6) is 2.96. The third kappa shape index (κ3) is 3.63. The van der Waals surface area contributed by atoms with Crippen LogP contribution in [0.15, 0.2) is 48.7 Å². The molecule has 0 saturated heterocycles. The summed E-state index contributed by atoms with van der Waals surface area (Å²) in [7, 11) is 6.65. The number of rotatable bonds is 6. The number of hydrogen-bond donors (Lipinski definition) is 0. The second-order valence-corrected chi connectivity index (χ2v) is 7.04. The normalized spacial score (nSPS) is 13.2. The van der Waals surface area contributed by atoms with E-state index in [0.29, 0.717) is 0 Å². The van der Waals surface area contributed by atoms with E-state index >= 15 is 0 Å². The van der Waals surface area contributed by atoms with Crippen molar-refractivity contribution in [3.63, 3.8) is 0 Å². The van der Waals surface area contributed by atoms with Crippen molar-refractivity contribution < 1.29 is 18.9 Å². The summed E-state index contributed by atoms with van der Waals surface area (Å²) in [4.78, 5) is 2.41. The molecule has 1 aromatic heterocycles. The average molecular weight is 394 g/mol. The van der Waals surface area contributed by atoms with Gasteiger partial charge >= 0.3 is 0 Å². The van der Waals surface area contributed by atoms with Crippen LogP contribution in [0.1, 0.15) is 16.8 Å². The molecular formula is C23H26N2O4. The van der Waals surface area contributed by atoms with Gasteiger partial charge in [-0.05, 0) is 41.5 Å². The van der Waals surface area contributed by atoms with E-state index in [0.717, 1.165) is 48.3 Å². The van der Waals surface area contributed by atoms with E-state index in [-0.39, 0.29) is 0 Å². The second kappa shape index (κ2) is 8.09. The molecule has 0 radical (unpaired) electrons. The fraction of sp³-hybridized carbons (Fsp3) is 0.304. The maximum Gasteiger partial charge on any atom is 0.162 e. The Labute approximate surface area is 171 Å². The molecule has 0 unspecified atom stereocenters. The average Bonchev–Trinajstić information content (AvgIpc) is 3.15. The van der Waals surface area contributed by atoms with Crippen LogP contribution >= 0.6 is 0 Å². The molecular weight excluding hydrogens is 368 g/mol. The summed E-state index contributed by atoms with van der Waals surface area (Å²) in [6.45, 7) is 2.42. The van der Waals surface area contributed by atoms with Crippen LogP contribution in [0.25, 0.3) is 5.69 Å². The zero-order chi connectivity index (χ0) is 20.4. The van der Waals surface area contributed by atoms with Gasteiger partial charge in [-0.2, -0.15) is 0 Å². The van der Waals surface area contributed by atoms with Crippen LogP contribution in [-0.2, 0) is 19.6 Å². The molecule has 0 N–H and O–H groups in total. The van der Waals surface area contributed by atoms with E-state index < -0.39 is 0 Å². The lowest BCUT2D eigenvalue weighted by atomic mass is 10.1. The van der Waals surface area contributed by atoms with Crippen LogP contribution in [-0.4, -0.2) is 37.9 Å². The molecule has 0 amide bonds. The molecule has 0 spiro atoms. The number of fused-ring (bicyclic) bond motifs is 3. The highest BCUT2D eigenvalue weighted by Crippen LogP contribution is 2.36. The number of aromatic nitrogens is 1. The lowest BCUT2D eigenvalue weighted by Crippen LogP contribution is -2.21. The highest BCUT2D eigenvalue weighted by molar-refractivity contribution is 5.55. The van der Waals surface area contributed by atoms with Crippen LogP contribution in [0.3, 0.4) is 0 Å². The van der Waals surface area contributed by atoms with Gasteiger partial charge in [-0.3, -0.25) is 4.90 Å². The highest BCUT2D eigenvalue weighted by Gasteiger charge is 2.22. The lowest BCUT2D eigenvalue weighted by Gasteiger charge is -2.21. The van der Waals surface area contributed by atoms with Gasteiger partial charge in [0.05, 0.1) is 34.1 Å². The predicted octanol–water partition coefficient (Wildman–Crippen LogP) is 4.03. The SMILES string of the molecule is COc1ccc(CN2Cc3cc(OC)c(OC)cc3-n3cccc3C2)cc1OC. The smallest absolute Gasteiger partial charge is 0.162 e. The molecule has 0 fully saturated rings.